The first kappa shape index (κ1) is 16.6. The lowest BCUT2D eigenvalue weighted by Gasteiger charge is -2.22. The molecule has 0 saturated carbocycles. The lowest BCUT2D eigenvalue weighted by Crippen LogP contribution is -2.40. The van der Waals surface area contributed by atoms with Crippen LogP contribution in [-0.2, 0) is 0 Å². The number of nitrogens with one attached hydrogen (secondary N) is 2. The van der Waals surface area contributed by atoms with Crippen molar-refractivity contribution in [2.24, 2.45) is 5.92 Å². The van der Waals surface area contributed by atoms with Gasteiger partial charge in [0.2, 0.25) is 0 Å². The maximum Gasteiger partial charge on any atom is 0.319 e. The predicted octanol–water partition coefficient (Wildman–Crippen LogP) is 2.73. The first-order valence-corrected chi connectivity index (χ1v) is 8.05. The van der Waals surface area contributed by atoms with Gasteiger partial charge in [-0.1, -0.05) is 6.92 Å². The highest BCUT2D eigenvalue weighted by atomic mass is 16.3. The Hall–Kier alpha value is -1.75. The molecular weight excluding hydrogens is 278 g/mol. The van der Waals surface area contributed by atoms with Gasteiger partial charge in [0, 0.05) is 37.1 Å². The highest BCUT2D eigenvalue weighted by Gasteiger charge is 2.16. The summed E-state index contributed by atoms with van der Waals surface area (Å²) in [6.45, 7) is 8.16. The lowest BCUT2D eigenvalue weighted by molar-refractivity contribution is 0.204. The van der Waals surface area contributed by atoms with Crippen LogP contribution in [-0.4, -0.2) is 36.9 Å². The normalized spacial score (nSPS) is 17.2. The van der Waals surface area contributed by atoms with E-state index in [0.717, 1.165) is 18.8 Å². The molecule has 5 heteroatoms. The Balaban J connectivity index is 1.95. The van der Waals surface area contributed by atoms with Crippen molar-refractivity contribution in [3.05, 3.63) is 23.8 Å². The van der Waals surface area contributed by atoms with Gasteiger partial charge in [-0.15, -0.1) is 0 Å². The molecule has 122 valence electrons. The van der Waals surface area contributed by atoms with Crippen LogP contribution in [0.1, 0.15) is 32.3 Å². The molecule has 2 rings (SSSR count). The largest absolute Gasteiger partial charge is 0.396 e. The predicted molar refractivity (Wildman–Crippen MR) is 90.5 cm³/mol. The number of amides is 2. The fourth-order valence-corrected chi connectivity index (χ4v) is 2.72. The van der Waals surface area contributed by atoms with Crippen molar-refractivity contribution in [2.45, 2.75) is 39.7 Å². The van der Waals surface area contributed by atoms with Crippen molar-refractivity contribution in [3.8, 4) is 0 Å². The van der Waals surface area contributed by atoms with Crippen LogP contribution in [0.15, 0.2) is 18.2 Å². The van der Waals surface area contributed by atoms with E-state index < -0.39 is 0 Å². The monoisotopic (exact) mass is 305 g/mol. The molecule has 0 bridgehead atoms. The molecule has 1 aromatic carbocycles. The molecule has 0 aliphatic carbocycles. The summed E-state index contributed by atoms with van der Waals surface area (Å²) >= 11 is 0. The van der Waals surface area contributed by atoms with Crippen molar-refractivity contribution in [2.75, 3.05) is 29.9 Å². The molecule has 0 radical (unpaired) electrons. The zero-order valence-electron chi connectivity index (χ0n) is 13.7. The summed E-state index contributed by atoms with van der Waals surface area (Å²) in [5.74, 6) is 0.0324. The minimum atomic E-state index is -0.235. The fourth-order valence-electron chi connectivity index (χ4n) is 2.72. The quantitative estimate of drug-likeness (QED) is 0.784. The van der Waals surface area contributed by atoms with Gasteiger partial charge in [0.1, 0.15) is 0 Å². The van der Waals surface area contributed by atoms with Gasteiger partial charge in [-0.3, -0.25) is 0 Å². The van der Waals surface area contributed by atoms with E-state index >= 15 is 0 Å². The van der Waals surface area contributed by atoms with Gasteiger partial charge in [-0.05, 0) is 56.4 Å². The Morgan fingerprint density at radius 2 is 2.00 bits per heavy atom. The Kier molecular flexibility index (Phi) is 5.66. The van der Waals surface area contributed by atoms with Gasteiger partial charge < -0.3 is 20.6 Å². The van der Waals surface area contributed by atoms with Crippen LogP contribution < -0.4 is 15.5 Å². The van der Waals surface area contributed by atoms with Gasteiger partial charge >= 0.3 is 6.03 Å². The second-order valence-corrected chi connectivity index (χ2v) is 6.24. The summed E-state index contributed by atoms with van der Waals surface area (Å²) in [5, 5.41) is 14.8. The average Bonchev–Trinajstić information content (AvgIpc) is 3.00. The van der Waals surface area contributed by atoms with E-state index in [0.29, 0.717) is 0 Å². The third-order valence-electron chi connectivity index (χ3n) is 4.40. The van der Waals surface area contributed by atoms with Crippen LogP contribution in [0.5, 0.6) is 0 Å². The molecule has 1 aliphatic rings. The summed E-state index contributed by atoms with van der Waals surface area (Å²) in [6.07, 6.45) is 2.51. The van der Waals surface area contributed by atoms with Crippen LogP contribution in [0.25, 0.3) is 0 Å². The van der Waals surface area contributed by atoms with Crippen LogP contribution in [0, 0.1) is 12.8 Å². The lowest BCUT2D eigenvalue weighted by atomic mass is 10.1. The van der Waals surface area contributed by atoms with Crippen molar-refractivity contribution < 1.29 is 9.90 Å². The number of aliphatic hydroxyl groups excluding tert-OH is 1. The van der Waals surface area contributed by atoms with E-state index in [1.165, 1.54) is 24.1 Å². The number of carbonyl (C=O) groups excluding carboxylic acids is 1. The second kappa shape index (κ2) is 7.49. The Labute approximate surface area is 132 Å². The van der Waals surface area contributed by atoms with Crippen molar-refractivity contribution in [1.29, 1.82) is 0 Å². The van der Waals surface area contributed by atoms with Gasteiger partial charge in [0.15, 0.2) is 0 Å². The van der Waals surface area contributed by atoms with Gasteiger partial charge in [0.05, 0.1) is 0 Å². The first-order valence-electron chi connectivity index (χ1n) is 8.05. The molecule has 0 aromatic heterocycles. The summed E-state index contributed by atoms with van der Waals surface area (Å²) in [6, 6.07) is 5.72. The molecule has 2 amide bonds. The Bertz CT molecular complexity index is 513. The number of anilines is 2. The van der Waals surface area contributed by atoms with E-state index in [2.05, 4.69) is 28.5 Å². The topological polar surface area (TPSA) is 64.6 Å². The molecule has 22 heavy (non-hydrogen) atoms. The highest BCUT2D eigenvalue weighted by molar-refractivity contribution is 5.89. The molecule has 5 nitrogen and oxygen atoms in total. The molecule has 1 fully saturated rings. The Morgan fingerprint density at radius 3 is 2.59 bits per heavy atom. The van der Waals surface area contributed by atoms with Crippen LogP contribution in [0.3, 0.4) is 0 Å². The minimum Gasteiger partial charge on any atom is -0.396 e. The van der Waals surface area contributed by atoms with E-state index in [1.807, 2.05) is 26.0 Å². The maximum atomic E-state index is 12.0. The number of rotatable bonds is 5. The molecule has 1 heterocycles. The van der Waals surface area contributed by atoms with Crippen molar-refractivity contribution >= 4 is 17.4 Å². The maximum absolute atomic E-state index is 12.0. The summed E-state index contributed by atoms with van der Waals surface area (Å²) in [4.78, 5) is 14.4. The van der Waals surface area contributed by atoms with Crippen LogP contribution in [0.2, 0.25) is 0 Å². The van der Waals surface area contributed by atoms with Gasteiger partial charge in [-0.2, -0.15) is 0 Å². The third kappa shape index (κ3) is 4.13. The fraction of sp³-hybridized carbons (Fsp3) is 0.588. The first-order chi connectivity index (χ1) is 10.5. The Morgan fingerprint density at radius 1 is 1.32 bits per heavy atom. The molecule has 0 unspecified atom stereocenters. The number of urea groups is 1. The molecular formula is C17H27N3O2. The third-order valence-corrected chi connectivity index (χ3v) is 4.40. The number of benzene rings is 1. The second-order valence-electron chi connectivity index (χ2n) is 6.24. The van der Waals surface area contributed by atoms with Crippen molar-refractivity contribution in [3.63, 3.8) is 0 Å². The number of nitrogens with zero attached hydrogens (tertiary/aromatic N) is 1. The molecule has 1 aromatic rings. The molecule has 1 aliphatic heterocycles. The van der Waals surface area contributed by atoms with E-state index in [1.54, 1.807) is 0 Å². The highest BCUT2D eigenvalue weighted by Crippen LogP contribution is 2.26. The van der Waals surface area contributed by atoms with E-state index in [4.69, 9.17) is 5.11 Å². The number of hydrogen-bond donors (Lipinski definition) is 3. The van der Waals surface area contributed by atoms with Crippen LogP contribution in [0.4, 0.5) is 16.2 Å². The summed E-state index contributed by atoms with van der Waals surface area (Å²) in [5.41, 5.74) is 3.23. The minimum absolute atomic E-state index is 0.0324. The number of aryl methyl sites for hydroxylation is 1. The van der Waals surface area contributed by atoms with Gasteiger partial charge in [-0.25, -0.2) is 4.79 Å². The zero-order chi connectivity index (χ0) is 16.1. The molecule has 1 saturated heterocycles. The SMILES string of the molecule is Cc1cc(NC(=O)N[C@@H](C)[C@H](C)CO)ccc1N1CCCC1. The summed E-state index contributed by atoms with van der Waals surface area (Å²) in [7, 11) is 0. The zero-order valence-corrected chi connectivity index (χ0v) is 13.7. The van der Waals surface area contributed by atoms with E-state index in [-0.39, 0.29) is 24.6 Å². The molecule has 0 spiro atoms. The van der Waals surface area contributed by atoms with Crippen LogP contribution >= 0.6 is 0 Å². The standard InChI is InChI=1S/C17H27N3O2/c1-12-10-15(6-7-16(12)20-8-4-5-9-20)19-17(22)18-14(3)13(2)11-21/h6-7,10,13-14,21H,4-5,8-9,11H2,1-3H3,(H2,18,19,22)/t13-,14+/m1/s1. The van der Waals surface area contributed by atoms with Gasteiger partial charge in [0.25, 0.3) is 0 Å². The number of carbonyl (C=O) groups is 1. The summed E-state index contributed by atoms with van der Waals surface area (Å²) < 4.78 is 0. The van der Waals surface area contributed by atoms with Crippen molar-refractivity contribution in [1.82, 2.24) is 5.32 Å². The number of aliphatic hydroxyl groups is 1. The smallest absolute Gasteiger partial charge is 0.319 e. The number of hydrogen-bond acceptors (Lipinski definition) is 3. The van der Waals surface area contributed by atoms with E-state index in [9.17, 15) is 4.79 Å². The molecule has 3 N–H and O–H groups in total. The average molecular weight is 305 g/mol. The molecule has 2 atom stereocenters.